The Morgan fingerprint density at radius 2 is 1.92 bits per heavy atom. The number of pyridine rings is 1. The summed E-state index contributed by atoms with van der Waals surface area (Å²) in [6, 6.07) is 14.4. The summed E-state index contributed by atoms with van der Waals surface area (Å²) >= 11 is 0. The molecule has 0 aliphatic carbocycles. The average Bonchev–Trinajstić information content (AvgIpc) is 2.82. The Balaban J connectivity index is 1.59. The van der Waals surface area contributed by atoms with Gasteiger partial charge in [-0.2, -0.15) is 0 Å². The molecule has 5 rings (SSSR count). The van der Waals surface area contributed by atoms with Crippen molar-refractivity contribution >= 4 is 27.9 Å². The Morgan fingerprint density at radius 3 is 2.67 bits per heavy atom. The molecule has 7 nitrogen and oxygen atoms in total. The van der Waals surface area contributed by atoms with E-state index in [9.17, 15) is 9.90 Å². The topological polar surface area (TPSA) is 91.0 Å². The van der Waals surface area contributed by atoms with Crippen LogP contribution in [0.15, 0.2) is 63.8 Å². The molecule has 0 saturated carbocycles. The maximum absolute atomic E-state index is 11.6. The molecule has 36 heavy (non-hydrogen) atoms. The van der Waals surface area contributed by atoms with Crippen molar-refractivity contribution in [3.63, 3.8) is 0 Å². The van der Waals surface area contributed by atoms with Gasteiger partial charge in [0.15, 0.2) is 0 Å². The van der Waals surface area contributed by atoms with Gasteiger partial charge in [0.1, 0.15) is 28.8 Å². The lowest BCUT2D eigenvalue weighted by Gasteiger charge is -2.33. The van der Waals surface area contributed by atoms with Crippen molar-refractivity contribution in [2.45, 2.75) is 51.4 Å². The Kier molecular flexibility index (Phi) is 5.75. The molecule has 2 aromatic carbocycles. The Labute approximate surface area is 208 Å². The Bertz CT molecular complexity index is 1540. The maximum atomic E-state index is 11.6. The molecule has 0 bridgehead atoms. The molecule has 7 heteroatoms. The highest BCUT2D eigenvalue weighted by Crippen LogP contribution is 2.42. The summed E-state index contributed by atoms with van der Waals surface area (Å²) in [6.07, 6.45) is 3.58. The molecule has 0 fully saturated rings. The van der Waals surface area contributed by atoms with Gasteiger partial charge < -0.3 is 23.7 Å². The minimum atomic E-state index is -1.22. The van der Waals surface area contributed by atoms with Gasteiger partial charge in [-0.3, -0.25) is 0 Å². The van der Waals surface area contributed by atoms with Gasteiger partial charge in [0.05, 0.1) is 23.8 Å². The van der Waals surface area contributed by atoms with Crippen molar-refractivity contribution in [1.82, 2.24) is 4.98 Å². The second-order valence-corrected chi connectivity index (χ2v) is 10.1. The van der Waals surface area contributed by atoms with Crippen LogP contribution in [0.4, 0.5) is 0 Å². The highest BCUT2D eigenvalue weighted by molar-refractivity contribution is 5.91. The van der Waals surface area contributed by atoms with E-state index in [0.717, 1.165) is 27.4 Å². The van der Waals surface area contributed by atoms with Crippen LogP contribution in [0.3, 0.4) is 0 Å². The molecule has 0 radical (unpaired) electrons. The van der Waals surface area contributed by atoms with Gasteiger partial charge in [0.2, 0.25) is 5.88 Å². The Hall–Kier alpha value is -3.84. The third-order valence-corrected chi connectivity index (χ3v) is 6.33. The zero-order chi connectivity index (χ0) is 25.7. The van der Waals surface area contributed by atoms with Crippen LogP contribution in [0, 0.1) is 0 Å². The summed E-state index contributed by atoms with van der Waals surface area (Å²) < 4.78 is 23.7. The average molecular weight is 488 g/mol. The van der Waals surface area contributed by atoms with Crippen LogP contribution in [-0.4, -0.2) is 34.5 Å². The van der Waals surface area contributed by atoms with E-state index in [4.69, 9.17) is 23.6 Å². The quantitative estimate of drug-likeness (QED) is 0.369. The first kappa shape index (κ1) is 23.9. The molecule has 0 saturated heterocycles. The summed E-state index contributed by atoms with van der Waals surface area (Å²) in [7, 11) is 1.55. The van der Waals surface area contributed by atoms with E-state index in [0.29, 0.717) is 29.4 Å². The monoisotopic (exact) mass is 487 g/mol. The SMILES string of the molecule is COc1cc2oc(=O)ccc2cc1CC(Oc1nc2ccccc2c2c1C=CC(C)(C)O2)C(C)(C)O. The fourth-order valence-electron chi connectivity index (χ4n) is 4.37. The summed E-state index contributed by atoms with van der Waals surface area (Å²) in [6.45, 7) is 7.39. The number of fused-ring (bicyclic) bond motifs is 4. The molecule has 0 amide bonds. The van der Waals surface area contributed by atoms with Crippen molar-refractivity contribution in [1.29, 1.82) is 0 Å². The smallest absolute Gasteiger partial charge is 0.336 e. The van der Waals surface area contributed by atoms with Crippen molar-refractivity contribution in [3.8, 4) is 17.4 Å². The highest BCUT2D eigenvalue weighted by atomic mass is 16.5. The molecule has 186 valence electrons. The van der Waals surface area contributed by atoms with Crippen molar-refractivity contribution < 1.29 is 23.7 Å². The number of rotatable bonds is 6. The summed E-state index contributed by atoms with van der Waals surface area (Å²) in [4.78, 5) is 16.4. The first-order chi connectivity index (χ1) is 17.0. The van der Waals surface area contributed by atoms with E-state index in [1.54, 1.807) is 33.1 Å². The number of benzene rings is 2. The predicted molar refractivity (Wildman–Crippen MR) is 139 cm³/mol. The number of ether oxygens (including phenoxy) is 3. The van der Waals surface area contributed by atoms with E-state index in [1.807, 2.05) is 56.3 Å². The maximum Gasteiger partial charge on any atom is 0.336 e. The van der Waals surface area contributed by atoms with Crippen molar-refractivity contribution in [2.24, 2.45) is 0 Å². The molecule has 1 atom stereocenters. The van der Waals surface area contributed by atoms with E-state index >= 15 is 0 Å². The predicted octanol–water partition coefficient (Wildman–Crippen LogP) is 5.30. The zero-order valence-corrected chi connectivity index (χ0v) is 21.0. The molecule has 1 aliphatic heterocycles. The van der Waals surface area contributed by atoms with Gasteiger partial charge in [0.25, 0.3) is 0 Å². The molecular weight excluding hydrogens is 458 g/mol. The third kappa shape index (κ3) is 4.54. The molecular formula is C29H29NO6. The van der Waals surface area contributed by atoms with E-state index in [2.05, 4.69) is 0 Å². The van der Waals surface area contributed by atoms with Crippen LogP contribution in [0.5, 0.6) is 17.4 Å². The van der Waals surface area contributed by atoms with Crippen LogP contribution in [0.2, 0.25) is 0 Å². The van der Waals surface area contributed by atoms with Crippen LogP contribution in [0.25, 0.3) is 27.9 Å². The van der Waals surface area contributed by atoms with E-state index in [-0.39, 0.29) is 0 Å². The molecule has 2 aromatic heterocycles. The van der Waals surface area contributed by atoms with Crippen molar-refractivity contribution in [3.05, 3.63) is 76.2 Å². The number of aromatic nitrogens is 1. The Morgan fingerprint density at radius 1 is 1.14 bits per heavy atom. The van der Waals surface area contributed by atoms with E-state index in [1.165, 1.54) is 6.07 Å². The lowest BCUT2D eigenvalue weighted by atomic mass is 9.93. The van der Waals surface area contributed by atoms with E-state index < -0.39 is 22.9 Å². The van der Waals surface area contributed by atoms with Crippen molar-refractivity contribution in [2.75, 3.05) is 7.11 Å². The third-order valence-electron chi connectivity index (χ3n) is 6.33. The van der Waals surface area contributed by atoms with Gasteiger partial charge in [-0.05, 0) is 69.7 Å². The minimum absolute atomic E-state index is 0.321. The molecule has 4 aromatic rings. The number of nitrogens with zero attached hydrogens (tertiary/aromatic N) is 1. The first-order valence-corrected chi connectivity index (χ1v) is 11.8. The number of methoxy groups -OCH3 is 1. The standard InChI is InChI=1S/C29H29NO6/c1-28(2)13-12-20-26(36-28)19-8-6-7-9-21(19)30-27(20)35-24(29(3,4)32)15-18-14-17-10-11-25(31)34-23(17)16-22(18)33-5/h6-14,16,24,32H,15H2,1-5H3. The number of aliphatic hydroxyl groups is 1. The largest absolute Gasteiger partial charge is 0.496 e. The summed E-state index contributed by atoms with van der Waals surface area (Å²) in [5, 5.41) is 12.8. The summed E-state index contributed by atoms with van der Waals surface area (Å²) in [5.41, 5.74) is 0.576. The minimum Gasteiger partial charge on any atom is -0.496 e. The van der Waals surface area contributed by atoms with Gasteiger partial charge in [-0.1, -0.05) is 12.1 Å². The molecule has 1 unspecified atom stereocenters. The normalized spacial score (nSPS) is 15.4. The number of hydrogen-bond donors (Lipinski definition) is 1. The zero-order valence-electron chi connectivity index (χ0n) is 21.0. The van der Waals surface area contributed by atoms with Crippen LogP contribution in [0.1, 0.15) is 38.8 Å². The van der Waals surface area contributed by atoms with Gasteiger partial charge in [-0.15, -0.1) is 0 Å². The van der Waals surface area contributed by atoms with Gasteiger partial charge in [0, 0.05) is 29.3 Å². The number of para-hydroxylation sites is 1. The molecule has 1 aliphatic rings. The molecule has 0 spiro atoms. The fourth-order valence-corrected chi connectivity index (χ4v) is 4.37. The second-order valence-electron chi connectivity index (χ2n) is 10.1. The lowest BCUT2D eigenvalue weighted by Crippen LogP contribution is -2.42. The van der Waals surface area contributed by atoms with Crippen LogP contribution >= 0.6 is 0 Å². The fraction of sp³-hybridized carbons (Fsp3) is 0.310. The van der Waals surface area contributed by atoms with Crippen LogP contribution in [-0.2, 0) is 6.42 Å². The van der Waals surface area contributed by atoms with Gasteiger partial charge in [-0.25, -0.2) is 9.78 Å². The second kappa shape index (κ2) is 8.68. The number of hydrogen-bond acceptors (Lipinski definition) is 7. The first-order valence-electron chi connectivity index (χ1n) is 11.8. The lowest BCUT2D eigenvalue weighted by molar-refractivity contribution is -0.0353. The highest BCUT2D eigenvalue weighted by Gasteiger charge is 2.33. The summed E-state index contributed by atoms with van der Waals surface area (Å²) in [5.74, 6) is 1.62. The van der Waals surface area contributed by atoms with Crippen LogP contribution < -0.4 is 19.8 Å². The molecule has 1 N–H and O–H groups in total. The molecule has 3 heterocycles. The van der Waals surface area contributed by atoms with Gasteiger partial charge >= 0.3 is 5.63 Å².